The average molecular weight is 534 g/mol. The lowest BCUT2D eigenvalue weighted by Gasteiger charge is -2.34. The largest absolute Gasteiger partial charge is 0.497 e. The van der Waals surface area contributed by atoms with Crippen LogP contribution >= 0.6 is 0 Å². The van der Waals surface area contributed by atoms with Crippen molar-refractivity contribution in [3.05, 3.63) is 53.6 Å². The monoisotopic (exact) mass is 533 g/mol. The van der Waals surface area contributed by atoms with Gasteiger partial charge in [0, 0.05) is 18.7 Å². The Hall–Kier alpha value is -3.27. The molecule has 2 aromatic rings. The Kier molecular flexibility index (Phi) is 10.8. The van der Waals surface area contributed by atoms with E-state index in [0.29, 0.717) is 12.2 Å². The number of methoxy groups -OCH3 is 2. The normalized spacial score (nSPS) is 12.8. The van der Waals surface area contributed by atoms with Crippen LogP contribution in [-0.2, 0) is 26.2 Å². The fraction of sp³-hybridized carbons (Fsp3) is 0.481. The molecule has 0 bridgehead atoms. The van der Waals surface area contributed by atoms with E-state index in [0.717, 1.165) is 28.1 Å². The van der Waals surface area contributed by atoms with Gasteiger partial charge >= 0.3 is 0 Å². The van der Waals surface area contributed by atoms with Crippen LogP contribution in [0, 0.1) is 6.92 Å². The highest BCUT2D eigenvalue weighted by Crippen LogP contribution is 2.33. The summed E-state index contributed by atoms with van der Waals surface area (Å²) in [6.45, 7) is 7.30. The summed E-state index contributed by atoms with van der Waals surface area (Å²) in [6.07, 6.45) is 2.14. The summed E-state index contributed by atoms with van der Waals surface area (Å²) in [5.74, 6) is -0.0525. The fourth-order valence-corrected chi connectivity index (χ4v) is 4.77. The molecule has 0 aromatic heterocycles. The number of aryl methyl sites for hydroxylation is 1. The molecule has 0 saturated carbocycles. The highest BCUT2D eigenvalue weighted by Gasteiger charge is 2.33. The first-order chi connectivity index (χ1) is 17.5. The molecule has 10 heteroatoms. The van der Waals surface area contributed by atoms with Gasteiger partial charge in [-0.05, 0) is 49.9 Å². The van der Waals surface area contributed by atoms with Crippen LogP contribution in [-0.4, -0.2) is 64.2 Å². The molecule has 0 aliphatic heterocycles. The summed E-state index contributed by atoms with van der Waals surface area (Å²) >= 11 is 0. The zero-order valence-electron chi connectivity index (χ0n) is 22.8. The molecule has 2 atom stereocenters. The van der Waals surface area contributed by atoms with Crippen LogP contribution in [0.2, 0.25) is 0 Å². The van der Waals surface area contributed by atoms with Gasteiger partial charge in [-0.3, -0.25) is 13.9 Å². The molecule has 9 nitrogen and oxygen atoms in total. The number of nitrogens with one attached hydrogen (secondary N) is 1. The molecule has 0 spiro atoms. The van der Waals surface area contributed by atoms with Crippen LogP contribution in [0.25, 0.3) is 0 Å². The van der Waals surface area contributed by atoms with E-state index < -0.39 is 28.5 Å². The molecule has 0 unspecified atom stereocenters. The van der Waals surface area contributed by atoms with Crippen molar-refractivity contribution in [2.45, 2.75) is 59.2 Å². The summed E-state index contributed by atoms with van der Waals surface area (Å²) in [4.78, 5) is 28.5. The van der Waals surface area contributed by atoms with Crippen molar-refractivity contribution < 1.29 is 27.5 Å². The quantitative estimate of drug-likeness (QED) is 0.423. The maximum absolute atomic E-state index is 13.8. The Labute approximate surface area is 220 Å². The zero-order chi connectivity index (χ0) is 27.8. The van der Waals surface area contributed by atoms with Crippen molar-refractivity contribution in [3.63, 3.8) is 0 Å². The second kappa shape index (κ2) is 13.3. The van der Waals surface area contributed by atoms with Gasteiger partial charge in [0.15, 0.2) is 0 Å². The molecule has 2 rings (SSSR count). The van der Waals surface area contributed by atoms with E-state index in [4.69, 9.17) is 9.47 Å². The van der Waals surface area contributed by atoms with Gasteiger partial charge in [0.25, 0.3) is 0 Å². The molecule has 37 heavy (non-hydrogen) atoms. The topological polar surface area (TPSA) is 105 Å². The summed E-state index contributed by atoms with van der Waals surface area (Å²) in [5, 5.41) is 2.96. The molecule has 0 saturated heterocycles. The molecule has 0 heterocycles. The van der Waals surface area contributed by atoms with E-state index in [1.165, 1.54) is 25.2 Å². The maximum atomic E-state index is 13.8. The number of carbonyl (C=O) groups is 2. The van der Waals surface area contributed by atoms with Crippen LogP contribution in [0.3, 0.4) is 0 Å². The van der Waals surface area contributed by atoms with Gasteiger partial charge in [-0.1, -0.05) is 38.1 Å². The molecule has 1 N–H and O–H groups in total. The van der Waals surface area contributed by atoms with Gasteiger partial charge in [0.05, 0.1) is 26.2 Å². The van der Waals surface area contributed by atoms with Crippen molar-refractivity contribution >= 4 is 27.5 Å². The molecule has 204 valence electrons. The summed E-state index contributed by atoms with van der Waals surface area (Å²) < 4.78 is 37.4. The van der Waals surface area contributed by atoms with Crippen molar-refractivity contribution in [3.8, 4) is 11.5 Å². The Morgan fingerprint density at radius 2 is 1.70 bits per heavy atom. The standard InChI is InChI=1S/C27H39N3O6S/c1-8-20(4)28-27(32)23(9-2)29(17-21-13-11-10-12-19(21)3)26(31)18-30(37(7,33)34)24-15-14-22(35-5)16-25(24)36-6/h10-16,20,23H,8-9,17-18H2,1-7H3,(H,28,32)/t20-,23+/m0/s1. The molecule has 0 aliphatic carbocycles. The number of anilines is 1. The molecule has 2 amide bonds. The minimum atomic E-state index is -3.89. The number of hydrogen-bond donors (Lipinski definition) is 1. The van der Waals surface area contributed by atoms with Gasteiger partial charge in [0.2, 0.25) is 21.8 Å². The lowest BCUT2D eigenvalue weighted by Crippen LogP contribution is -2.53. The first-order valence-electron chi connectivity index (χ1n) is 12.3. The van der Waals surface area contributed by atoms with E-state index in [1.54, 1.807) is 12.1 Å². The van der Waals surface area contributed by atoms with E-state index in [1.807, 2.05) is 52.0 Å². The number of hydrogen-bond acceptors (Lipinski definition) is 6. The number of amides is 2. The average Bonchev–Trinajstić information content (AvgIpc) is 2.86. The van der Waals surface area contributed by atoms with Crippen molar-refractivity contribution in [1.29, 1.82) is 0 Å². The van der Waals surface area contributed by atoms with Gasteiger partial charge in [0.1, 0.15) is 24.1 Å². The molecule has 0 radical (unpaired) electrons. The predicted octanol–water partition coefficient (Wildman–Crippen LogP) is 3.50. The smallest absolute Gasteiger partial charge is 0.244 e. The number of ether oxygens (including phenoxy) is 2. The van der Waals surface area contributed by atoms with Crippen molar-refractivity contribution in [1.82, 2.24) is 10.2 Å². The lowest BCUT2D eigenvalue weighted by atomic mass is 10.1. The zero-order valence-corrected chi connectivity index (χ0v) is 23.6. The molecule has 0 fully saturated rings. The van der Waals surface area contributed by atoms with Crippen molar-refractivity contribution in [2.24, 2.45) is 0 Å². The van der Waals surface area contributed by atoms with Gasteiger partial charge in [-0.15, -0.1) is 0 Å². The maximum Gasteiger partial charge on any atom is 0.244 e. The Bertz CT molecular complexity index is 1180. The van der Waals surface area contributed by atoms with Gasteiger partial charge < -0.3 is 19.7 Å². The number of rotatable bonds is 13. The summed E-state index contributed by atoms with van der Waals surface area (Å²) in [5.41, 5.74) is 2.04. The number of nitrogens with zero attached hydrogens (tertiary/aromatic N) is 2. The highest BCUT2D eigenvalue weighted by atomic mass is 32.2. The van der Waals surface area contributed by atoms with E-state index >= 15 is 0 Å². The highest BCUT2D eigenvalue weighted by molar-refractivity contribution is 7.92. The van der Waals surface area contributed by atoms with Crippen LogP contribution in [0.5, 0.6) is 11.5 Å². The van der Waals surface area contributed by atoms with E-state index in [2.05, 4.69) is 5.32 Å². The number of benzene rings is 2. The third-order valence-corrected chi connectivity index (χ3v) is 7.45. The van der Waals surface area contributed by atoms with Crippen LogP contribution < -0.4 is 19.1 Å². The Balaban J connectivity index is 2.52. The summed E-state index contributed by atoms with van der Waals surface area (Å²) in [7, 11) is -0.986. The van der Waals surface area contributed by atoms with E-state index in [9.17, 15) is 18.0 Å². The molecule has 2 aromatic carbocycles. The Morgan fingerprint density at radius 3 is 2.24 bits per heavy atom. The first-order valence-corrected chi connectivity index (χ1v) is 14.2. The third kappa shape index (κ3) is 7.85. The third-order valence-electron chi connectivity index (χ3n) is 6.32. The fourth-order valence-electron chi connectivity index (χ4n) is 3.92. The minimum Gasteiger partial charge on any atom is -0.497 e. The summed E-state index contributed by atoms with van der Waals surface area (Å²) in [6, 6.07) is 11.4. The Morgan fingerprint density at radius 1 is 1.03 bits per heavy atom. The minimum absolute atomic E-state index is 0.0620. The second-order valence-electron chi connectivity index (χ2n) is 9.00. The molecule has 0 aliphatic rings. The van der Waals surface area contributed by atoms with Crippen LogP contribution in [0.4, 0.5) is 5.69 Å². The SMILES string of the molecule is CC[C@H](C(=O)N[C@@H](C)CC)N(Cc1ccccc1C)C(=O)CN(c1ccc(OC)cc1OC)S(C)(=O)=O. The van der Waals surface area contributed by atoms with Crippen molar-refractivity contribution in [2.75, 3.05) is 31.3 Å². The van der Waals surface area contributed by atoms with Crippen LogP contribution in [0.15, 0.2) is 42.5 Å². The first kappa shape index (κ1) is 30.0. The molecular formula is C27H39N3O6S. The molecular weight excluding hydrogens is 494 g/mol. The van der Waals surface area contributed by atoms with Gasteiger partial charge in [-0.25, -0.2) is 8.42 Å². The van der Waals surface area contributed by atoms with E-state index in [-0.39, 0.29) is 29.9 Å². The van der Waals surface area contributed by atoms with Gasteiger partial charge in [-0.2, -0.15) is 0 Å². The predicted molar refractivity (Wildman–Crippen MR) is 145 cm³/mol. The number of sulfonamides is 1. The number of carbonyl (C=O) groups excluding carboxylic acids is 2. The lowest BCUT2D eigenvalue weighted by molar-refractivity contribution is -0.140. The van der Waals surface area contributed by atoms with Crippen LogP contribution in [0.1, 0.15) is 44.7 Å². The second-order valence-corrected chi connectivity index (χ2v) is 10.9.